The zero-order valence-corrected chi connectivity index (χ0v) is 41.6. The fourth-order valence-electron chi connectivity index (χ4n) is 8.36. The van der Waals surface area contributed by atoms with Crippen LogP contribution in [-0.4, -0.2) is 37.2 Å². The molecule has 0 rings (SSSR count). The lowest BCUT2D eigenvalue weighted by Gasteiger charge is -2.18. The molecular formula is C55H106O6. The van der Waals surface area contributed by atoms with Crippen molar-refractivity contribution in [2.45, 2.75) is 316 Å². The van der Waals surface area contributed by atoms with E-state index in [0.717, 1.165) is 63.7 Å². The molecule has 0 amide bonds. The summed E-state index contributed by atoms with van der Waals surface area (Å²) in [6.07, 6.45) is 52.3. The molecule has 0 spiro atoms. The molecule has 0 aromatic heterocycles. The molecule has 0 aliphatic carbocycles. The average molecular weight is 863 g/mol. The van der Waals surface area contributed by atoms with E-state index < -0.39 is 6.10 Å². The first-order chi connectivity index (χ1) is 29.9. The molecule has 0 aromatic carbocycles. The second-order valence-corrected chi connectivity index (χ2v) is 19.1. The van der Waals surface area contributed by atoms with Crippen LogP contribution in [0.2, 0.25) is 0 Å². The number of carbonyl (C=O) groups excluding carboxylic acids is 3. The van der Waals surface area contributed by atoms with E-state index in [1.54, 1.807) is 0 Å². The molecule has 2 atom stereocenters. The van der Waals surface area contributed by atoms with Crippen LogP contribution in [-0.2, 0) is 28.6 Å². The number of hydrogen-bond acceptors (Lipinski definition) is 6. The van der Waals surface area contributed by atoms with Gasteiger partial charge < -0.3 is 14.2 Å². The van der Waals surface area contributed by atoms with E-state index >= 15 is 0 Å². The van der Waals surface area contributed by atoms with Gasteiger partial charge in [0.15, 0.2) is 6.10 Å². The molecular weight excluding hydrogens is 757 g/mol. The molecule has 0 radical (unpaired) electrons. The molecule has 6 heteroatoms. The monoisotopic (exact) mass is 863 g/mol. The molecule has 1 unspecified atom stereocenters. The zero-order valence-electron chi connectivity index (χ0n) is 41.6. The van der Waals surface area contributed by atoms with Gasteiger partial charge in [-0.3, -0.25) is 14.4 Å². The van der Waals surface area contributed by atoms with E-state index in [9.17, 15) is 14.4 Å². The maximum atomic E-state index is 12.8. The maximum absolute atomic E-state index is 12.8. The summed E-state index contributed by atoms with van der Waals surface area (Å²) < 4.78 is 16.8. The minimum absolute atomic E-state index is 0.0628. The molecule has 0 saturated heterocycles. The SMILES string of the molecule is CCCCCCCCCCCCCCCCCCCCCC(=O)O[C@H](COC(=O)CCCCCCCCCCCCCC)COC(=O)CCCCCCCCCCC(C)CC. The smallest absolute Gasteiger partial charge is 0.306 e. The van der Waals surface area contributed by atoms with Crippen LogP contribution in [0.4, 0.5) is 0 Å². The van der Waals surface area contributed by atoms with Gasteiger partial charge >= 0.3 is 17.9 Å². The molecule has 6 nitrogen and oxygen atoms in total. The lowest BCUT2D eigenvalue weighted by Crippen LogP contribution is -2.30. The van der Waals surface area contributed by atoms with Crippen LogP contribution in [0, 0.1) is 5.92 Å². The summed E-state index contributed by atoms with van der Waals surface area (Å²) in [5.74, 6) is 0.00522. The lowest BCUT2D eigenvalue weighted by atomic mass is 9.99. The van der Waals surface area contributed by atoms with Crippen LogP contribution in [0.25, 0.3) is 0 Å². The fourth-order valence-corrected chi connectivity index (χ4v) is 8.36. The molecule has 0 saturated carbocycles. The van der Waals surface area contributed by atoms with Gasteiger partial charge in [-0.15, -0.1) is 0 Å². The second-order valence-electron chi connectivity index (χ2n) is 19.1. The van der Waals surface area contributed by atoms with Gasteiger partial charge in [0.2, 0.25) is 0 Å². The molecule has 0 bridgehead atoms. The number of hydrogen-bond donors (Lipinski definition) is 0. The van der Waals surface area contributed by atoms with Gasteiger partial charge in [-0.25, -0.2) is 0 Å². The summed E-state index contributed by atoms with van der Waals surface area (Å²) >= 11 is 0. The Hall–Kier alpha value is -1.59. The number of ether oxygens (including phenoxy) is 3. The first-order valence-electron chi connectivity index (χ1n) is 27.4. The average Bonchev–Trinajstić information content (AvgIpc) is 3.26. The summed E-state index contributed by atoms with van der Waals surface area (Å²) in [6.45, 7) is 9.04. The Labute approximate surface area is 380 Å². The second kappa shape index (κ2) is 49.4. The Bertz CT molecular complexity index is 920. The normalized spacial score (nSPS) is 12.4. The van der Waals surface area contributed by atoms with Crippen LogP contribution >= 0.6 is 0 Å². The van der Waals surface area contributed by atoms with Gasteiger partial charge in [0.25, 0.3) is 0 Å². The van der Waals surface area contributed by atoms with Crippen LogP contribution in [0.5, 0.6) is 0 Å². The number of unbranched alkanes of at least 4 members (excludes halogenated alkanes) is 36. The molecule has 0 aliphatic heterocycles. The largest absolute Gasteiger partial charge is 0.462 e. The van der Waals surface area contributed by atoms with Gasteiger partial charge in [0, 0.05) is 19.3 Å². The summed E-state index contributed by atoms with van der Waals surface area (Å²) in [4.78, 5) is 38.0. The van der Waals surface area contributed by atoms with Crippen molar-refractivity contribution in [3.05, 3.63) is 0 Å². The van der Waals surface area contributed by atoms with Crippen LogP contribution < -0.4 is 0 Å². The number of rotatable bonds is 50. The Balaban J connectivity index is 4.27. The van der Waals surface area contributed by atoms with Gasteiger partial charge in [-0.05, 0) is 25.2 Å². The number of carbonyl (C=O) groups is 3. The highest BCUT2D eigenvalue weighted by molar-refractivity contribution is 5.71. The first-order valence-corrected chi connectivity index (χ1v) is 27.4. The van der Waals surface area contributed by atoms with Crippen molar-refractivity contribution < 1.29 is 28.6 Å². The van der Waals surface area contributed by atoms with E-state index in [2.05, 4.69) is 27.7 Å². The summed E-state index contributed by atoms with van der Waals surface area (Å²) in [5.41, 5.74) is 0. The Morgan fingerprint density at radius 3 is 0.852 bits per heavy atom. The highest BCUT2D eigenvalue weighted by atomic mass is 16.6. The van der Waals surface area contributed by atoms with E-state index in [-0.39, 0.29) is 31.1 Å². The highest BCUT2D eigenvalue weighted by Gasteiger charge is 2.19. The molecule has 0 heterocycles. The van der Waals surface area contributed by atoms with Crippen molar-refractivity contribution >= 4 is 17.9 Å². The number of esters is 3. The Morgan fingerprint density at radius 2 is 0.574 bits per heavy atom. The standard InChI is InChI=1S/C55H106O6/c1-5-8-10-12-14-16-18-20-21-22-23-24-25-26-28-30-36-40-44-48-55(58)61-52(49-59-53(56)46-42-38-34-29-27-19-17-15-13-11-9-6-2)50-60-54(57)47-43-39-35-32-31-33-37-41-45-51(4)7-3/h51-52H,5-50H2,1-4H3/t51?,52-/m1/s1. The van der Waals surface area contributed by atoms with Crippen molar-refractivity contribution in [3.63, 3.8) is 0 Å². The highest BCUT2D eigenvalue weighted by Crippen LogP contribution is 2.18. The topological polar surface area (TPSA) is 78.9 Å². The fraction of sp³-hybridized carbons (Fsp3) is 0.945. The van der Waals surface area contributed by atoms with Crippen LogP contribution in [0.15, 0.2) is 0 Å². The predicted octanol–water partition coefficient (Wildman–Crippen LogP) is 17.8. The Kier molecular flexibility index (Phi) is 48.1. The van der Waals surface area contributed by atoms with Gasteiger partial charge in [0.05, 0.1) is 0 Å². The van der Waals surface area contributed by atoms with Crippen molar-refractivity contribution in [3.8, 4) is 0 Å². The minimum Gasteiger partial charge on any atom is -0.462 e. The van der Waals surface area contributed by atoms with Gasteiger partial charge in [-0.2, -0.15) is 0 Å². The summed E-state index contributed by atoms with van der Waals surface area (Å²) in [5, 5.41) is 0. The van der Waals surface area contributed by atoms with Gasteiger partial charge in [-0.1, -0.05) is 272 Å². The van der Waals surface area contributed by atoms with Crippen molar-refractivity contribution in [1.82, 2.24) is 0 Å². The third-order valence-corrected chi connectivity index (χ3v) is 12.9. The quantitative estimate of drug-likeness (QED) is 0.0344. The molecule has 0 fully saturated rings. The van der Waals surface area contributed by atoms with E-state index in [1.807, 2.05) is 0 Å². The van der Waals surface area contributed by atoms with Crippen LogP contribution in [0.1, 0.15) is 310 Å². The predicted molar refractivity (Wildman–Crippen MR) is 261 cm³/mol. The van der Waals surface area contributed by atoms with Crippen molar-refractivity contribution in [2.75, 3.05) is 13.2 Å². The third kappa shape index (κ3) is 47.7. The lowest BCUT2D eigenvalue weighted by molar-refractivity contribution is -0.167. The molecule has 0 N–H and O–H groups in total. The Morgan fingerprint density at radius 1 is 0.328 bits per heavy atom. The van der Waals surface area contributed by atoms with Gasteiger partial charge in [0.1, 0.15) is 13.2 Å². The van der Waals surface area contributed by atoms with E-state index in [4.69, 9.17) is 14.2 Å². The zero-order chi connectivity index (χ0) is 44.5. The minimum atomic E-state index is -0.761. The van der Waals surface area contributed by atoms with Crippen molar-refractivity contribution in [2.24, 2.45) is 5.92 Å². The first kappa shape index (κ1) is 59.4. The summed E-state index contributed by atoms with van der Waals surface area (Å²) in [7, 11) is 0. The van der Waals surface area contributed by atoms with Crippen molar-refractivity contribution in [1.29, 1.82) is 0 Å². The van der Waals surface area contributed by atoms with Crippen LogP contribution in [0.3, 0.4) is 0 Å². The van der Waals surface area contributed by atoms with E-state index in [1.165, 1.54) is 205 Å². The van der Waals surface area contributed by atoms with E-state index in [0.29, 0.717) is 19.3 Å². The third-order valence-electron chi connectivity index (χ3n) is 12.9. The maximum Gasteiger partial charge on any atom is 0.306 e. The molecule has 61 heavy (non-hydrogen) atoms. The molecule has 0 aromatic rings. The molecule has 362 valence electrons. The molecule has 0 aliphatic rings. The summed E-state index contributed by atoms with van der Waals surface area (Å²) in [6, 6.07) is 0.